The van der Waals surface area contributed by atoms with Gasteiger partial charge in [0.1, 0.15) is 11.6 Å². The Bertz CT molecular complexity index is 671. The minimum absolute atomic E-state index is 0.0384. The van der Waals surface area contributed by atoms with Crippen molar-refractivity contribution in [2.24, 2.45) is 0 Å². The normalized spacial score (nSPS) is 10.2. The average Bonchev–Trinajstić information content (AvgIpc) is 2.47. The molecule has 0 bridgehead atoms. The predicted octanol–water partition coefficient (Wildman–Crippen LogP) is 2.65. The van der Waals surface area contributed by atoms with E-state index in [-0.39, 0.29) is 12.1 Å². The van der Waals surface area contributed by atoms with E-state index in [1.54, 1.807) is 31.2 Å². The van der Waals surface area contributed by atoms with Gasteiger partial charge in [0.05, 0.1) is 18.4 Å². The van der Waals surface area contributed by atoms with Crippen molar-refractivity contribution in [2.75, 3.05) is 12.8 Å². The SMILES string of the molecule is COc1ccc(CNC(=O)c2cc(C)ccc2F)cc1N. The van der Waals surface area contributed by atoms with Crippen LogP contribution in [0.1, 0.15) is 21.5 Å². The fraction of sp³-hybridized carbons (Fsp3) is 0.188. The van der Waals surface area contributed by atoms with Gasteiger partial charge in [0.2, 0.25) is 0 Å². The Morgan fingerprint density at radius 2 is 2.05 bits per heavy atom. The molecule has 0 aliphatic heterocycles. The van der Waals surface area contributed by atoms with E-state index in [1.165, 1.54) is 19.2 Å². The second-order valence-corrected chi connectivity index (χ2v) is 4.74. The lowest BCUT2D eigenvalue weighted by Crippen LogP contribution is -2.24. The molecule has 1 amide bonds. The number of hydrogen-bond donors (Lipinski definition) is 2. The van der Waals surface area contributed by atoms with Gasteiger partial charge in [0.25, 0.3) is 5.91 Å². The van der Waals surface area contributed by atoms with Gasteiger partial charge >= 0.3 is 0 Å². The standard InChI is InChI=1S/C16H17FN2O2/c1-10-3-5-13(17)12(7-10)16(20)19-9-11-4-6-15(21-2)14(18)8-11/h3-8H,9,18H2,1-2H3,(H,19,20). The van der Waals surface area contributed by atoms with Gasteiger partial charge < -0.3 is 15.8 Å². The Kier molecular flexibility index (Phi) is 4.42. The quantitative estimate of drug-likeness (QED) is 0.850. The van der Waals surface area contributed by atoms with E-state index in [0.29, 0.717) is 11.4 Å². The van der Waals surface area contributed by atoms with Crippen LogP contribution >= 0.6 is 0 Å². The number of amides is 1. The highest BCUT2D eigenvalue weighted by molar-refractivity contribution is 5.94. The van der Waals surface area contributed by atoms with Crippen molar-refractivity contribution in [3.63, 3.8) is 0 Å². The molecule has 0 aliphatic carbocycles. The molecule has 21 heavy (non-hydrogen) atoms. The summed E-state index contributed by atoms with van der Waals surface area (Å²) in [7, 11) is 1.54. The summed E-state index contributed by atoms with van der Waals surface area (Å²) in [4.78, 5) is 12.0. The Morgan fingerprint density at radius 1 is 1.29 bits per heavy atom. The van der Waals surface area contributed by atoms with Crippen LogP contribution in [0.5, 0.6) is 5.75 Å². The number of aryl methyl sites for hydroxylation is 1. The van der Waals surface area contributed by atoms with E-state index >= 15 is 0 Å². The average molecular weight is 288 g/mol. The number of anilines is 1. The Hall–Kier alpha value is -2.56. The molecule has 0 saturated heterocycles. The minimum Gasteiger partial charge on any atom is -0.495 e. The highest BCUT2D eigenvalue weighted by Gasteiger charge is 2.11. The maximum atomic E-state index is 13.6. The molecule has 5 heteroatoms. The smallest absolute Gasteiger partial charge is 0.254 e. The number of ether oxygens (including phenoxy) is 1. The third-order valence-corrected chi connectivity index (χ3v) is 3.11. The molecule has 0 heterocycles. The van der Waals surface area contributed by atoms with Gasteiger partial charge in [-0.1, -0.05) is 17.7 Å². The molecule has 2 aromatic carbocycles. The molecule has 0 aliphatic rings. The second kappa shape index (κ2) is 6.26. The van der Waals surface area contributed by atoms with E-state index in [4.69, 9.17) is 10.5 Å². The van der Waals surface area contributed by atoms with E-state index in [9.17, 15) is 9.18 Å². The largest absolute Gasteiger partial charge is 0.495 e. The topological polar surface area (TPSA) is 64.3 Å². The van der Waals surface area contributed by atoms with Crippen molar-refractivity contribution in [1.29, 1.82) is 0 Å². The summed E-state index contributed by atoms with van der Waals surface area (Å²) >= 11 is 0. The van der Waals surface area contributed by atoms with E-state index in [0.717, 1.165) is 11.1 Å². The van der Waals surface area contributed by atoms with Crippen LogP contribution < -0.4 is 15.8 Å². The van der Waals surface area contributed by atoms with Gasteiger partial charge in [-0.25, -0.2) is 4.39 Å². The first-order chi connectivity index (χ1) is 10.0. The van der Waals surface area contributed by atoms with Gasteiger partial charge in [-0.15, -0.1) is 0 Å². The summed E-state index contributed by atoms with van der Waals surface area (Å²) in [5.41, 5.74) is 7.97. The Labute approximate surface area is 122 Å². The maximum Gasteiger partial charge on any atom is 0.254 e. The summed E-state index contributed by atoms with van der Waals surface area (Å²) in [6, 6.07) is 9.66. The molecule has 0 fully saturated rings. The van der Waals surface area contributed by atoms with Crippen molar-refractivity contribution in [2.45, 2.75) is 13.5 Å². The van der Waals surface area contributed by atoms with Gasteiger partial charge in [0.15, 0.2) is 0 Å². The number of carbonyl (C=O) groups excluding carboxylic acids is 1. The van der Waals surface area contributed by atoms with E-state index in [2.05, 4.69) is 5.32 Å². The maximum absolute atomic E-state index is 13.6. The fourth-order valence-electron chi connectivity index (χ4n) is 1.98. The number of carbonyl (C=O) groups is 1. The summed E-state index contributed by atoms with van der Waals surface area (Å²) in [6.07, 6.45) is 0. The van der Waals surface area contributed by atoms with Crippen molar-refractivity contribution in [3.05, 3.63) is 58.9 Å². The molecule has 0 spiro atoms. The monoisotopic (exact) mass is 288 g/mol. The van der Waals surface area contributed by atoms with Crippen LogP contribution in [0.2, 0.25) is 0 Å². The van der Waals surface area contributed by atoms with E-state index in [1.807, 2.05) is 0 Å². The number of hydrogen-bond acceptors (Lipinski definition) is 3. The number of nitrogens with two attached hydrogens (primary N) is 1. The lowest BCUT2D eigenvalue weighted by molar-refractivity contribution is 0.0947. The van der Waals surface area contributed by atoms with Gasteiger partial charge in [-0.2, -0.15) is 0 Å². The van der Waals surface area contributed by atoms with Crippen LogP contribution in [0.15, 0.2) is 36.4 Å². The number of methoxy groups -OCH3 is 1. The van der Waals surface area contributed by atoms with Crippen molar-refractivity contribution in [1.82, 2.24) is 5.32 Å². The summed E-state index contributed by atoms with van der Waals surface area (Å²) in [6.45, 7) is 2.07. The number of nitrogen functional groups attached to an aromatic ring is 1. The fourth-order valence-corrected chi connectivity index (χ4v) is 1.98. The molecule has 0 saturated carbocycles. The number of rotatable bonds is 4. The molecule has 0 unspecified atom stereocenters. The van der Waals surface area contributed by atoms with Crippen LogP contribution in [0, 0.1) is 12.7 Å². The highest BCUT2D eigenvalue weighted by Crippen LogP contribution is 2.21. The first-order valence-electron chi connectivity index (χ1n) is 6.48. The van der Waals surface area contributed by atoms with Gasteiger partial charge in [0, 0.05) is 6.54 Å². The van der Waals surface area contributed by atoms with E-state index < -0.39 is 11.7 Å². The molecular weight excluding hydrogens is 271 g/mol. The first kappa shape index (κ1) is 14.8. The first-order valence-corrected chi connectivity index (χ1v) is 6.48. The third kappa shape index (κ3) is 3.51. The Morgan fingerprint density at radius 3 is 2.71 bits per heavy atom. The Balaban J connectivity index is 2.07. The van der Waals surface area contributed by atoms with Crippen molar-refractivity contribution >= 4 is 11.6 Å². The van der Waals surface area contributed by atoms with Crippen LogP contribution in [-0.4, -0.2) is 13.0 Å². The zero-order chi connectivity index (χ0) is 15.4. The molecule has 4 nitrogen and oxygen atoms in total. The number of halogens is 1. The zero-order valence-corrected chi connectivity index (χ0v) is 11.9. The molecule has 0 radical (unpaired) electrons. The van der Waals surface area contributed by atoms with Gasteiger partial charge in [-0.05, 0) is 36.8 Å². The van der Waals surface area contributed by atoms with Gasteiger partial charge in [-0.3, -0.25) is 4.79 Å². The van der Waals surface area contributed by atoms with Crippen LogP contribution in [0.3, 0.4) is 0 Å². The molecular formula is C16H17FN2O2. The highest BCUT2D eigenvalue weighted by atomic mass is 19.1. The van der Waals surface area contributed by atoms with Crippen LogP contribution in [0.25, 0.3) is 0 Å². The molecule has 0 atom stereocenters. The molecule has 0 aromatic heterocycles. The second-order valence-electron chi connectivity index (χ2n) is 4.74. The predicted molar refractivity (Wildman–Crippen MR) is 79.7 cm³/mol. The van der Waals surface area contributed by atoms with Crippen LogP contribution in [-0.2, 0) is 6.54 Å². The molecule has 2 aromatic rings. The van der Waals surface area contributed by atoms with Crippen molar-refractivity contribution in [3.8, 4) is 5.75 Å². The number of nitrogens with one attached hydrogen (secondary N) is 1. The lowest BCUT2D eigenvalue weighted by Gasteiger charge is -2.09. The lowest BCUT2D eigenvalue weighted by atomic mass is 10.1. The summed E-state index contributed by atoms with van der Waals surface area (Å²) < 4.78 is 18.7. The number of benzene rings is 2. The third-order valence-electron chi connectivity index (χ3n) is 3.11. The zero-order valence-electron chi connectivity index (χ0n) is 11.9. The molecule has 110 valence electrons. The van der Waals surface area contributed by atoms with Crippen molar-refractivity contribution < 1.29 is 13.9 Å². The summed E-state index contributed by atoms with van der Waals surface area (Å²) in [5.74, 6) is -0.410. The molecule has 2 rings (SSSR count). The van der Waals surface area contributed by atoms with Crippen LogP contribution in [0.4, 0.5) is 10.1 Å². The molecule has 3 N–H and O–H groups in total. The minimum atomic E-state index is -0.535. The summed E-state index contributed by atoms with van der Waals surface area (Å²) in [5, 5.41) is 2.67.